The van der Waals surface area contributed by atoms with E-state index < -0.39 is 5.60 Å². The molecule has 1 saturated heterocycles. The number of hydrogen-bond acceptors (Lipinski definition) is 6. The van der Waals surface area contributed by atoms with Gasteiger partial charge in [-0.15, -0.1) is 0 Å². The molecule has 4 bridgehead atoms. The molecule has 1 amide bonds. The Bertz CT molecular complexity index is 862. The molecule has 168 valence electrons. The van der Waals surface area contributed by atoms with E-state index in [1.807, 2.05) is 0 Å². The van der Waals surface area contributed by atoms with Crippen LogP contribution in [0.25, 0.3) is 0 Å². The van der Waals surface area contributed by atoms with Gasteiger partial charge in [0.1, 0.15) is 0 Å². The summed E-state index contributed by atoms with van der Waals surface area (Å²) in [5.74, 6) is 2.51. The summed E-state index contributed by atoms with van der Waals surface area (Å²) in [6.45, 7) is 5.70. The van der Waals surface area contributed by atoms with Crippen LogP contribution in [-0.4, -0.2) is 57.9 Å². The zero-order valence-electron chi connectivity index (χ0n) is 18.6. The summed E-state index contributed by atoms with van der Waals surface area (Å²) in [6.07, 6.45) is 9.14. The number of ether oxygens (including phenoxy) is 1. The molecule has 2 N–H and O–H groups in total. The van der Waals surface area contributed by atoms with Crippen molar-refractivity contribution in [2.75, 3.05) is 18.0 Å². The first kappa shape index (κ1) is 19.9. The van der Waals surface area contributed by atoms with Gasteiger partial charge in [-0.05, 0) is 76.5 Å². The van der Waals surface area contributed by atoms with Crippen molar-refractivity contribution in [1.82, 2.24) is 15.3 Å². The van der Waals surface area contributed by atoms with E-state index in [0.717, 1.165) is 69.7 Å². The standard InChI is InChI=1S/C24H34N4O3/c1-13-11-28(12-14(2)31-13)23-25-10-19(21(27-23)16-3-4-16)22(29)26-20-17-5-15-6-18(20)9-24(30,7-15)8-17/h10,13-18,20,30H,3-9,11-12H2,1-2H3,(H,26,29)/t13-,14-,15?,17?,18?,20-,24+/m1/s1. The summed E-state index contributed by atoms with van der Waals surface area (Å²) in [5.41, 5.74) is 1.08. The molecule has 7 heteroatoms. The molecule has 31 heavy (non-hydrogen) atoms. The Hall–Kier alpha value is -1.73. The van der Waals surface area contributed by atoms with Crippen LogP contribution in [-0.2, 0) is 4.74 Å². The Balaban J connectivity index is 1.22. The maximum atomic E-state index is 13.4. The van der Waals surface area contributed by atoms with E-state index in [-0.39, 0.29) is 24.2 Å². The average molecular weight is 427 g/mol. The van der Waals surface area contributed by atoms with Gasteiger partial charge in [0.2, 0.25) is 5.95 Å². The summed E-state index contributed by atoms with van der Waals surface area (Å²) in [4.78, 5) is 25.1. The van der Waals surface area contributed by atoms with Crippen LogP contribution < -0.4 is 10.2 Å². The van der Waals surface area contributed by atoms with Gasteiger partial charge in [-0.25, -0.2) is 9.97 Å². The van der Waals surface area contributed by atoms with Crippen LogP contribution in [0.3, 0.4) is 0 Å². The van der Waals surface area contributed by atoms with Gasteiger partial charge >= 0.3 is 0 Å². The van der Waals surface area contributed by atoms with Crippen molar-refractivity contribution in [3.63, 3.8) is 0 Å². The van der Waals surface area contributed by atoms with Crippen molar-refractivity contribution in [2.45, 2.75) is 88.6 Å². The van der Waals surface area contributed by atoms with Crippen molar-refractivity contribution in [3.8, 4) is 0 Å². The van der Waals surface area contributed by atoms with Crippen LogP contribution in [0.15, 0.2) is 6.20 Å². The lowest BCUT2D eigenvalue weighted by atomic mass is 9.52. The summed E-state index contributed by atoms with van der Waals surface area (Å²) in [5, 5.41) is 14.2. The number of amides is 1. The van der Waals surface area contributed by atoms with Crippen LogP contribution in [0.2, 0.25) is 0 Å². The summed E-state index contributed by atoms with van der Waals surface area (Å²) in [7, 11) is 0. The first-order chi connectivity index (χ1) is 14.9. The molecule has 1 aromatic heterocycles. The van der Waals surface area contributed by atoms with Crippen molar-refractivity contribution in [1.29, 1.82) is 0 Å². The summed E-state index contributed by atoms with van der Waals surface area (Å²) < 4.78 is 5.85. The second-order valence-electron chi connectivity index (χ2n) is 11.1. The lowest BCUT2D eigenvalue weighted by Gasteiger charge is -2.58. The third-order valence-corrected chi connectivity index (χ3v) is 8.26. The minimum atomic E-state index is -0.478. The van der Waals surface area contributed by atoms with Crippen LogP contribution in [0.5, 0.6) is 0 Å². The molecule has 6 aliphatic rings. The van der Waals surface area contributed by atoms with Crippen LogP contribution >= 0.6 is 0 Å². The Morgan fingerprint density at radius 2 is 1.84 bits per heavy atom. The van der Waals surface area contributed by atoms with Gasteiger partial charge in [0.05, 0.1) is 29.1 Å². The molecule has 7 nitrogen and oxygen atoms in total. The lowest BCUT2D eigenvalue weighted by Crippen LogP contribution is -2.61. The van der Waals surface area contributed by atoms with Crippen LogP contribution in [0.4, 0.5) is 5.95 Å². The van der Waals surface area contributed by atoms with Crippen molar-refractivity contribution in [3.05, 3.63) is 17.5 Å². The topological polar surface area (TPSA) is 87.6 Å². The second-order valence-corrected chi connectivity index (χ2v) is 11.1. The van der Waals surface area contributed by atoms with E-state index in [9.17, 15) is 9.90 Å². The molecule has 7 rings (SSSR count). The summed E-state index contributed by atoms with van der Waals surface area (Å²) in [6, 6.07) is 0.178. The number of aliphatic hydroxyl groups is 1. The fourth-order valence-electron chi connectivity index (χ4n) is 7.17. The molecule has 2 heterocycles. The number of aromatic nitrogens is 2. The molecule has 6 fully saturated rings. The molecule has 1 aliphatic heterocycles. The Labute approximate surface area is 184 Å². The molecular weight excluding hydrogens is 392 g/mol. The van der Waals surface area contributed by atoms with E-state index >= 15 is 0 Å². The van der Waals surface area contributed by atoms with Gasteiger partial charge in [-0.1, -0.05) is 0 Å². The normalized spacial score (nSPS) is 41.5. The Morgan fingerprint density at radius 3 is 2.45 bits per heavy atom. The molecule has 0 radical (unpaired) electrons. The number of anilines is 1. The smallest absolute Gasteiger partial charge is 0.254 e. The van der Waals surface area contributed by atoms with Crippen LogP contribution in [0.1, 0.15) is 80.8 Å². The zero-order valence-corrected chi connectivity index (χ0v) is 18.6. The van der Waals surface area contributed by atoms with Gasteiger partial charge in [0.15, 0.2) is 0 Å². The van der Waals surface area contributed by atoms with Gasteiger partial charge in [-0.2, -0.15) is 0 Å². The average Bonchev–Trinajstić information content (AvgIpc) is 3.53. The van der Waals surface area contributed by atoms with E-state index in [4.69, 9.17) is 9.72 Å². The number of nitrogens with zero attached hydrogens (tertiary/aromatic N) is 3. The van der Waals surface area contributed by atoms with E-state index in [0.29, 0.717) is 29.2 Å². The van der Waals surface area contributed by atoms with Gasteiger partial charge in [0, 0.05) is 31.2 Å². The van der Waals surface area contributed by atoms with Crippen molar-refractivity contribution in [2.24, 2.45) is 17.8 Å². The minimum absolute atomic E-state index is 0.0263. The molecule has 5 saturated carbocycles. The second kappa shape index (κ2) is 7.14. The number of nitrogens with one attached hydrogen (secondary N) is 1. The predicted octanol–water partition coefficient (Wildman–Crippen LogP) is 2.64. The molecule has 4 atom stereocenters. The number of morpholine rings is 1. The van der Waals surface area contributed by atoms with Gasteiger partial charge in [-0.3, -0.25) is 4.79 Å². The number of hydrogen-bond donors (Lipinski definition) is 2. The van der Waals surface area contributed by atoms with Gasteiger partial charge < -0.3 is 20.1 Å². The van der Waals surface area contributed by atoms with E-state index in [1.54, 1.807) is 6.20 Å². The molecule has 2 unspecified atom stereocenters. The molecule has 5 aliphatic carbocycles. The highest BCUT2D eigenvalue weighted by Gasteiger charge is 2.55. The maximum Gasteiger partial charge on any atom is 0.254 e. The predicted molar refractivity (Wildman–Crippen MR) is 116 cm³/mol. The highest BCUT2D eigenvalue weighted by molar-refractivity contribution is 5.95. The summed E-state index contributed by atoms with van der Waals surface area (Å²) >= 11 is 0. The zero-order chi connectivity index (χ0) is 21.3. The fraction of sp³-hybridized carbons (Fsp3) is 0.792. The van der Waals surface area contributed by atoms with E-state index in [2.05, 4.69) is 29.0 Å². The number of carbonyl (C=O) groups excluding carboxylic acids is 1. The third kappa shape index (κ3) is 3.63. The van der Waals surface area contributed by atoms with Crippen LogP contribution in [0, 0.1) is 17.8 Å². The highest BCUT2D eigenvalue weighted by Crippen LogP contribution is 2.55. The van der Waals surface area contributed by atoms with Crippen molar-refractivity contribution >= 4 is 11.9 Å². The number of carbonyl (C=O) groups is 1. The molecule has 0 spiro atoms. The SMILES string of the molecule is C[C@@H]1CN(c2ncc(C(=O)N[C@H]3C4CC5CC3C[C@@](O)(C5)C4)c(C3CC3)n2)C[C@@H](C)O1. The molecule has 1 aromatic rings. The Morgan fingerprint density at radius 1 is 1.16 bits per heavy atom. The van der Waals surface area contributed by atoms with Crippen molar-refractivity contribution < 1.29 is 14.6 Å². The first-order valence-electron chi connectivity index (χ1n) is 12.2. The monoisotopic (exact) mass is 426 g/mol. The molecular formula is C24H34N4O3. The van der Waals surface area contributed by atoms with Gasteiger partial charge in [0.25, 0.3) is 5.91 Å². The largest absolute Gasteiger partial charge is 0.390 e. The maximum absolute atomic E-state index is 13.4. The minimum Gasteiger partial charge on any atom is -0.390 e. The lowest BCUT2D eigenvalue weighted by molar-refractivity contribution is -0.136. The quantitative estimate of drug-likeness (QED) is 0.770. The highest BCUT2D eigenvalue weighted by atomic mass is 16.5. The fourth-order valence-corrected chi connectivity index (χ4v) is 7.17. The molecule has 0 aromatic carbocycles. The first-order valence-corrected chi connectivity index (χ1v) is 12.2. The Kier molecular flexibility index (Phi) is 4.59. The number of rotatable bonds is 4. The third-order valence-electron chi connectivity index (χ3n) is 8.26. The van der Waals surface area contributed by atoms with E-state index in [1.165, 1.54) is 0 Å².